The van der Waals surface area contributed by atoms with E-state index in [1.165, 1.54) is 6.42 Å². The van der Waals surface area contributed by atoms with Crippen molar-refractivity contribution in [1.29, 1.82) is 0 Å². The molecule has 1 atom stereocenters. The number of carbonyl (C=O) groups is 1. The van der Waals surface area contributed by atoms with Gasteiger partial charge in [-0.05, 0) is 39.0 Å². The van der Waals surface area contributed by atoms with Gasteiger partial charge in [-0.2, -0.15) is 0 Å². The molecule has 5 heteroatoms. The van der Waals surface area contributed by atoms with E-state index in [4.69, 9.17) is 0 Å². The summed E-state index contributed by atoms with van der Waals surface area (Å²) >= 11 is 0. The van der Waals surface area contributed by atoms with Crippen molar-refractivity contribution >= 4 is 5.91 Å². The lowest BCUT2D eigenvalue weighted by Crippen LogP contribution is -2.43. The summed E-state index contributed by atoms with van der Waals surface area (Å²) in [5.41, 5.74) is 2.05. The van der Waals surface area contributed by atoms with Gasteiger partial charge in [0.05, 0.1) is 0 Å². The first-order valence-corrected chi connectivity index (χ1v) is 9.54. The lowest BCUT2D eigenvalue weighted by Gasteiger charge is -2.35. The van der Waals surface area contributed by atoms with E-state index in [9.17, 15) is 9.59 Å². The molecule has 0 aliphatic carbocycles. The third kappa shape index (κ3) is 4.03. The van der Waals surface area contributed by atoms with Gasteiger partial charge in [0.15, 0.2) is 0 Å². The normalized spacial score (nSPS) is 17.3. The second kappa shape index (κ2) is 8.30. The Labute approximate surface area is 154 Å². The van der Waals surface area contributed by atoms with E-state index < -0.39 is 0 Å². The number of carbonyl (C=O) groups excluding carboxylic acids is 1. The van der Waals surface area contributed by atoms with E-state index in [1.54, 1.807) is 0 Å². The predicted molar refractivity (Wildman–Crippen MR) is 103 cm³/mol. The van der Waals surface area contributed by atoms with Gasteiger partial charge in [-0.15, -0.1) is 0 Å². The molecule has 1 amide bonds. The minimum Gasteiger partial charge on any atom is -0.340 e. The number of benzene rings is 1. The Kier molecular flexibility index (Phi) is 5.86. The van der Waals surface area contributed by atoms with Crippen LogP contribution >= 0.6 is 0 Å². The Morgan fingerprint density at radius 2 is 2.04 bits per heavy atom. The molecule has 0 saturated carbocycles. The quantitative estimate of drug-likeness (QED) is 0.895. The van der Waals surface area contributed by atoms with Crippen molar-refractivity contribution in [3.8, 4) is 11.4 Å². The maximum absolute atomic E-state index is 12.6. The van der Waals surface area contributed by atoms with Gasteiger partial charge < -0.3 is 9.88 Å². The van der Waals surface area contributed by atoms with E-state index in [1.807, 2.05) is 42.2 Å². The summed E-state index contributed by atoms with van der Waals surface area (Å²) in [6, 6.07) is 9.96. The second-order valence-electron chi connectivity index (χ2n) is 6.99. The van der Waals surface area contributed by atoms with Crippen molar-refractivity contribution in [1.82, 2.24) is 14.9 Å². The number of aromatic nitrogens is 2. The minimum atomic E-state index is -0.144. The maximum Gasteiger partial charge on any atom is 0.254 e. The fourth-order valence-electron chi connectivity index (χ4n) is 3.77. The molecule has 1 aliphatic heterocycles. The number of aryl methyl sites for hydroxylation is 1. The third-order valence-electron chi connectivity index (χ3n) is 5.28. The Hall–Kier alpha value is -2.43. The van der Waals surface area contributed by atoms with Crippen LogP contribution in [0.4, 0.5) is 0 Å². The fraction of sp³-hybridized carbons (Fsp3) is 0.476. The summed E-state index contributed by atoms with van der Waals surface area (Å²) in [6.07, 6.45) is 5.18. The van der Waals surface area contributed by atoms with Gasteiger partial charge in [0.1, 0.15) is 5.82 Å². The van der Waals surface area contributed by atoms with Gasteiger partial charge in [-0.1, -0.05) is 37.3 Å². The number of nitrogens with one attached hydrogen (secondary N) is 1. The topological polar surface area (TPSA) is 66.1 Å². The number of likely N-dealkylation sites (tertiary alicyclic amines) is 1. The molecule has 0 bridgehead atoms. The Bertz CT molecular complexity index is 814. The van der Waals surface area contributed by atoms with Crippen molar-refractivity contribution in [2.45, 2.75) is 58.4 Å². The van der Waals surface area contributed by atoms with Crippen LogP contribution in [0.3, 0.4) is 0 Å². The first-order valence-electron chi connectivity index (χ1n) is 9.54. The van der Waals surface area contributed by atoms with Crippen LogP contribution in [0.1, 0.15) is 50.3 Å². The number of piperidine rings is 1. The molecule has 3 rings (SSSR count). The van der Waals surface area contributed by atoms with Crippen LogP contribution < -0.4 is 5.56 Å². The monoisotopic (exact) mass is 353 g/mol. The number of nitrogens with zero attached hydrogens (tertiary/aromatic N) is 2. The van der Waals surface area contributed by atoms with Crippen LogP contribution in [0, 0.1) is 6.92 Å². The summed E-state index contributed by atoms with van der Waals surface area (Å²) in [5, 5.41) is 0. The Morgan fingerprint density at radius 3 is 2.73 bits per heavy atom. The van der Waals surface area contributed by atoms with Gasteiger partial charge in [0.2, 0.25) is 5.91 Å². The molecule has 138 valence electrons. The highest BCUT2D eigenvalue weighted by atomic mass is 16.2. The first-order chi connectivity index (χ1) is 12.6. The summed E-state index contributed by atoms with van der Waals surface area (Å²) in [4.78, 5) is 34.6. The molecule has 26 heavy (non-hydrogen) atoms. The highest BCUT2D eigenvalue weighted by Gasteiger charge is 2.25. The molecule has 0 spiro atoms. The zero-order chi connectivity index (χ0) is 18.5. The summed E-state index contributed by atoms with van der Waals surface area (Å²) in [6.45, 7) is 4.83. The lowest BCUT2D eigenvalue weighted by molar-refractivity contribution is -0.134. The summed E-state index contributed by atoms with van der Waals surface area (Å²) < 4.78 is 0. The molecule has 1 aromatic carbocycles. The van der Waals surface area contributed by atoms with Crippen LogP contribution in [-0.2, 0) is 11.2 Å². The van der Waals surface area contributed by atoms with Gasteiger partial charge in [-0.25, -0.2) is 4.98 Å². The molecule has 1 saturated heterocycles. The molecule has 2 heterocycles. The number of amides is 1. The highest BCUT2D eigenvalue weighted by Crippen LogP contribution is 2.21. The zero-order valence-corrected chi connectivity index (χ0v) is 15.6. The number of aromatic amines is 1. The average molecular weight is 353 g/mol. The molecule has 0 radical (unpaired) electrons. The van der Waals surface area contributed by atoms with Crippen molar-refractivity contribution in [2.24, 2.45) is 0 Å². The van der Waals surface area contributed by atoms with Crippen LogP contribution in [0.5, 0.6) is 0 Å². The van der Waals surface area contributed by atoms with E-state index >= 15 is 0 Å². The van der Waals surface area contributed by atoms with Gasteiger partial charge in [0.25, 0.3) is 5.56 Å². The molecule has 1 aliphatic rings. The van der Waals surface area contributed by atoms with Crippen molar-refractivity contribution < 1.29 is 4.79 Å². The summed E-state index contributed by atoms with van der Waals surface area (Å²) in [5.74, 6) is 0.729. The minimum absolute atomic E-state index is 0.144. The van der Waals surface area contributed by atoms with Gasteiger partial charge in [0, 0.05) is 35.8 Å². The van der Waals surface area contributed by atoms with E-state index in [-0.39, 0.29) is 11.5 Å². The molecular formula is C21H27N3O2. The van der Waals surface area contributed by atoms with Crippen LogP contribution in [0.2, 0.25) is 0 Å². The molecule has 2 aromatic rings. The van der Waals surface area contributed by atoms with Crippen molar-refractivity contribution in [3.63, 3.8) is 0 Å². The molecule has 1 fully saturated rings. The zero-order valence-electron chi connectivity index (χ0n) is 15.6. The van der Waals surface area contributed by atoms with Crippen molar-refractivity contribution in [2.75, 3.05) is 6.54 Å². The average Bonchev–Trinajstić information content (AvgIpc) is 2.67. The van der Waals surface area contributed by atoms with Gasteiger partial charge in [-0.3, -0.25) is 9.59 Å². The predicted octanol–water partition coefficient (Wildman–Crippen LogP) is 3.47. The van der Waals surface area contributed by atoms with Crippen LogP contribution in [0.15, 0.2) is 35.1 Å². The largest absolute Gasteiger partial charge is 0.340 e. The third-order valence-corrected chi connectivity index (χ3v) is 5.28. The Morgan fingerprint density at radius 1 is 1.27 bits per heavy atom. The molecule has 1 aromatic heterocycles. The van der Waals surface area contributed by atoms with E-state index in [2.05, 4.69) is 16.9 Å². The molecule has 0 unspecified atom stereocenters. The molecule has 5 nitrogen and oxygen atoms in total. The number of rotatable bonds is 5. The van der Waals surface area contributed by atoms with E-state index in [0.29, 0.717) is 36.0 Å². The van der Waals surface area contributed by atoms with Crippen molar-refractivity contribution in [3.05, 3.63) is 51.9 Å². The molecule has 1 N–H and O–H groups in total. The van der Waals surface area contributed by atoms with Gasteiger partial charge >= 0.3 is 0 Å². The smallest absolute Gasteiger partial charge is 0.254 e. The second-order valence-corrected chi connectivity index (χ2v) is 6.99. The first kappa shape index (κ1) is 18.4. The summed E-state index contributed by atoms with van der Waals surface area (Å²) in [7, 11) is 0. The number of hydrogen-bond acceptors (Lipinski definition) is 3. The fourth-order valence-corrected chi connectivity index (χ4v) is 3.77. The molecular weight excluding hydrogens is 326 g/mol. The van der Waals surface area contributed by atoms with Crippen LogP contribution in [0.25, 0.3) is 11.4 Å². The lowest BCUT2D eigenvalue weighted by atomic mass is 9.99. The van der Waals surface area contributed by atoms with E-state index in [0.717, 1.165) is 31.4 Å². The Balaban J connectivity index is 1.72. The standard InChI is InChI=1S/C21H27N3O2/c1-3-17-11-7-8-14-24(17)19(25)13-12-18-15(2)22-20(23-21(18)26)16-9-5-4-6-10-16/h4-6,9-10,17H,3,7-8,11-14H2,1-2H3,(H,22,23,26)/t17-/m1/s1. The van der Waals surface area contributed by atoms with Crippen LogP contribution in [-0.4, -0.2) is 33.4 Å². The number of hydrogen-bond donors (Lipinski definition) is 1. The SMILES string of the molecule is CC[C@@H]1CCCCN1C(=O)CCc1c(C)nc(-c2ccccc2)[nH]c1=O. The number of H-pyrrole nitrogens is 1. The highest BCUT2D eigenvalue weighted by molar-refractivity contribution is 5.77. The maximum atomic E-state index is 12.6.